The molecule has 0 spiro atoms. The second-order valence-corrected chi connectivity index (χ2v) is 4.75. The topological polar surface area (TPSA) is 83.5 Å². The number of rotatable bonds is 8. The van der Waals surface area contributed by atoms with Gasteiger partial charge in [0.05, 0.1) is 0 Å². The average molecular weight is 289 g/mol. The number of carboxylic acids is 1. The van der Waals surface area contributed by atoms with Crippen LogP contribution < -0.4 is 5.32 Å². The van der Waals surface area contributed by atoms with E-state index < -0.39 is 5.97 Å². The predicted octanol–water partition coefficient (Wildman–Crippen LogP) is 2.87. The number of ketones is 1. The molecule has 0 atom stereocenters. The Bertz CT molecular complexity index is 532. The number of Topliss-reactive ketones (excluding diaryl/α,β-unsaturated/α-hetero) is 1. The second kappa shape index (κ2) is 8.68. The zero-order chi connectivity index (χ0) is 15.7. The molecule has 1 rings (SSSR count). The molecule has 1 aromatic carbocycles. The van der Waals surface area contributed by atoms with E-state index in [0.717, 1.165) is 18.1 Å². The molecular weight excluding hydrogens is 270 g/mol. The van der Waals surface area contributed by atoms with Gasteiger partial charge in [0.15, 0.2) is 0 Å². The molecule has 0 aliphatic carbocycles. The van der Waals surface area contributed by atoms with E-state index in [1.807, 2.05) is 0 Å². The number of hydrogen-bond acceptors (Lipinski definition) is 3. The highest BCUT2D eigenvalue weighted by Crippen LogP contribution is 2.12. The van der Waals surface area contributed by atoms with Crippen LogP contribution in [0.3, 0.4) is 0 Å². The van der Waals surface area contributed by atoms with Crippen LogP contribution in [-0.4, -0.2) is 22.8 Å². The summed E-state index contributed by atoms with van der Waals surface area (Å²) < 4.78 is 0. The number of unbranched alkanes of at least 4 members (excludes halogenated alkanes) is 1. The van der Waals surface area contributed by atoms with Gasteiger partial charge >= 0.3 is 5.97 Å². The first-order valence-electron chi connectivity index (χ1n) is 6.78. The van der Waals surface area contributed by atoms with Gasteiger partial charge in [0.1, 0.15) is 5.78 Å². The molecule has 1 aromatic rings. The van der Waals surface area contributed by atoms with Gasteiger partial charge in [-0.25, -0.2) is 4.79 Å². The standard InChI is InChI=1S/C16H19NO4/c1-12(18)4-2-3-5-15(19)17-14-9-6-13(7-10-14)8-11-16(20)21/h6-11H,2-5H2,1H3,(H,17,19)(H,20,21)/b11-8+. The van der Waals surface area contributed by atoms with E-state index in [1.54, 1.807) is 31.2 Å². The first-order valence-corrected chi connectivity index (χ1v) is 6.78. The van der Waals surface area contributed by atoms with E-state index in [9.17, 15) is 14.4 Å². The minimum absolute atomic E-state index is 0.0904. The number of amides is 1. The molecule has 0 bridgehead atoms. The van der Waals surface area contributed by atoms with Crippen molar-refractivity contribution >= 4 is 29.4 Å². The van der Waals surface area contributed by atoms with Crippen LogP contribution in [0.1, 0.15) is 38.2 Å². The molecule has 0 aliphatic rings. The summed E-state index contributed by atoms with van der Waals surface area (Å²) in [6, 6.07) is 6.89. The van der Waals surface area contributed by atoms with Gasteiger partial charge in [-0.2, -0.15) is 0 Å². The molecule has 0 saturated carbocycles. The molecular formula is C16H19NO4. The van der Waals surface area contributed by atoms with E-state index in [0.29, 0.717) is 24.9 Å². The van der Waals surface area contributed by atoms with Gasteiger partial charge in [0.2, 0.25) is 5.91 Å². The van der Waals surface area contributed by atoms with Crippen molar-refractivity contribution < 1.29 is 19.5 Å². The lowest BCUT2D eigenvalue weighted by atomic mass is 10.1. The molecule has 21 heavy (non-hydrogen) atoms. The third-order valence-corrected chi connectivity index (χ3v) is 2.80. The molecule has 0 fully saturated rings. The number of nitrogens with one attached hydrogen (secondary N) is 1. The summed E-state index contributed by atoms with van der Waals surface area (Å²) in [5.74, 6) is -0.953. The molecule has 0 aromatic heterocycles. The number of carbonyl (C=O) groups excluding carboxylic acids is 2. The van der Waals surface area contributed by atoms with E-state index >= 15 is 0 Å². The van der Waals surface area contributed by atoms with Crippen LogP contribution in [0.5, 0.6) is 0 Å². The average Bonchev–Trinajstić information content (AvgIpc) is 2.42. The Balaban J connectivity index is 2.39. The summed E-state index contributed by atoms with van der Waals surface area (Å²) >= 11 is 0. The van der Waals surface area contributed by atoms with Crippen molar-refractivity contribution in [1.82, 2.24) is 0 Å². The summed E-state index contributed by atoms with van der Waals surface area (Å²) in [6.07, 6.45) is 4.84. The maximum atomic E-state index is 11.7. The third kappa shape index (κ3) is 7.67. The smallest absolute Gasteiger partial charge is 0.328 e. The third-order valence-electron chi connectivity index (χ3n) is 2.80. The molecule has 0 radical (unpaired) electrons. The van der Waals surface area contributed by atoms with Crippen molar-refractivity contribution in [3.05, 3.63) is 35.9 Å². The highest BCUT2D eigenvalue weighted by molar-refractivity contribution is 5.91. The fourth-order valence-corrected chi connectivity index (χ4v) is 1.73. The number of carbonyl (C=O) groups is 3. The van der Waals surface area contributed by atoms with Crippen molar-refractivity contribution in [2.45, 2.75) is 32.6 Å². The number of anilines is 1. The first-order chi connectivity index (χ1) is 9.97. The molecule has 0 aliphatic heterocycles. The van der Waals surface area contributed by atoms with Crippen LogP contribution in [0.4, 0.5) is 5.69 Å². The first kappa shape index (κ1) is 16.6. The zero-order valence-electron chi connectivity index (χ0n) is 12.0. The van der Waals surface area contributed by atoms with Crippen molar-refractivity contribution in [2.24, 2.45) is 0 Å². The summed E-state index contributed by atoms with van der Waals surface area (Å²) in [6.45, 7) is 1.54. The van der Waals surface area contributed by atoms with Crippen LogP contribution in [0.2, 0.25) is 0 Å². The SMILES string of the molecule is CC(=O)CCCCC(=O)Nc1ccc(/C=C/C(=O)O)cc1. The van der Waals surface area contributed by atoms with Crippen LogP contribution in [0.15, 0.2) is 30.3 Å². The van der Waals surface area contributed by atoms with E-state index in [4.69, 9.17) is 5.11 Å². The molecule has 0 heterocycles. The Morgan fingerprint density at radius 2 is 1.71 bits per heavy atom. The maximum Gasteiger partial charge on any atom is 0.328 e. The molecule has 112 valence electrons. The van der Waals surface area contributed by atoms with E-state index in [2.05, 4.69) is 5.32 Å². The monoisotopic (exact) mass is 289 g/mol. The van der Waals surface area contributed by atoms with Crippen molar-refractivity contribution in [1.29, 1.82) is 0 Å². The summed E-state index contributed by atoms with van der Waals surface area (Å²) in [4.78, 5) is 32.8. The Hall–Kier alpha value is -2.43. The molecule has 2 N–H and O–H groups in total. The van der Waals surface area contributed by atoms with E-state index in [-0.39, 0.29) is 11.7 Å². The molecule has 1 amide bonds. The summed E-state index contributed by atoms with van der Waals surface area (Å²) in [5, 5.41) is 11.3. The largest absolute Gasteiger partial charge is 0.478 e. The van der Waals surface area contributed by atoms with Gasteiger partial charge < -0.3 is 15.2 Å². The number of aliphatic carboxylic acids is 1. The Morgan fingerprint density at radius 3 is 2.29 bits per heavy atom. The Morgan fingerprint density at radius 1 is 1.10 bits per heavy atom. The fraction of sp³-hybridized carbons (Fsp3) is 0.312. The quantitative estimate of drug-likeness (QED) is 0.569. The minimum Gasteiger partial charge on any atom is -0.478 e. The van der Waals surface area contributed by atoms with Crippen LogP contribution in [0, 0.1) is 0 Å². The molecule has 5 heteroatoms. The van der Waals surface area contributed by atoms with Crippen LogP contribution in [-0.2, 0) is 14.4 Å². The molecule has 5 nitrogen and oxygen atoms in total. The number of carboxylic acid groups (broad SMARTS) is 1. The maximum absolute atomic E-state index is 11.7. The highest BCUT2D eigenvalue weighted by atomic mass is 16.4. The number of benzene rings is 1. The Labute approximate surface area is 123 Å². The highest BCUT2D eigenvalue weighted by Gasteiger charge is 2.03. The summed E-state index contributed by atoms with van der Waals surface area (Å²) in [7, 11) is 0. The van der Waals surface area contributed by atoms with Gasteiger partial charge in [0.25, 0.3) is 0 Å². The summed E-state index contributed by atoms with van der Waals surface area (Å²) in [5.41, 5.74) is 1.41. The normalized spacial score (nSPS) is 10.5. The fourth-order valence-electron chi connectivity index (χ4n) is 1.73. The second-order valence-electron chi connectivity index (χ2n) is 4.75. The predicted molar refractivity (Wildman–Crippen MR) is 80.9 cm³/mol. The zero-order valence-corrected chi connectivity index (χ0v) is 12.0. The van der Waals surface area contributed by atoms with Gasteiger partial charge in [-0.3, -0.25) is 4.79 Å². The van der Waals surface area contributed by atoms with Crippen molar-refractivity contribution in [3.8, 4) is 0 Å². The molecule has 0 unspecified atom stereocenters. The van der Waals surface area contributed by atoms with Gasteiger partial charge in [0, 0.05) is 24.6 Å². The lowest BCUT2D eigenvalue weighted by Gasteiger charge is -2.05. The van der Waals surface area contributed by atoms with Gasteiger partial charge in [-0.05, 0) is 43.5 Å². The lowest BCUT2D eigenvalue weighted by molar-refractivity contribution is -0.131. The van der Waals surface area contributed by atoms with Gasteiger partial charge in [-0.1, -0.05) is 12.1 Å². The van der Waals surface area contributed by atoms with Gasteiger partial charge in [-0.15, -0.1) is 0 Å². The lowest BCUT2D eigenvalue weighted by Crippen LogP contribution is -2.11. The van der Waals surface area contributed by atoms with Crippen molar-refractivity contribution in [2.75, 3.05) is 5.32 Å². The van der Waals surface area contributed by atoms with Crippen LogP contribution in [0.25, 0.3) is 6.08 Å². The van der Waals surface area contributed by atoms with Crippen molar-refractivity contribution in [3.63, 3.8) is 0 Å². The van der Waals surface area contributed by atoms with Crippen LogP contribution >= 0.6 is 0 Å². The minimum atomic E-state index is -1.00. The van der Waals surface area contributed by atoms with E-state index in [1.165, 1.54) is 6.08 Å². The Kier molecular flexibility index (Phi) is 6.87. The molecule has 0 saturated heterocycles. The number of hydrogen-bond donors (Lipinski definition) is 2.